The Morgan fingerprint density at radius 1 is 1.27 bits per heavy atom. The smallest absolute Gasteiger partial charge is 0.262 e. The van der Waals surface area contributed by atoms with Crippen LogP contribution in [0.5, 0.6) is 0 Å². The van der Waals surface area contributed by atoms with E-state index in [1.807, 2.05) is 0 Å². The molecule has 0 aliphatic heterocycles. The van der Waals surface area contributed by atoms with Crippen LogP contribution in [0.4, 0.5) is 10.1 Å². The fourth-order valence-corrected chi connectivity index (χ4v) is 2.98. The van der Waals surface area contributed by atoms with Gasteiger partial charge in [0.15, 0.2) is 0 Å². The predicted molar refractivity (Wildman–Crippen MR) is 88.7 cm³/mol. The molecule has 0 saturated heterocycles. The van der Waals surface area contributed by atoms with E-state index < -0.39 is 17.8 Å². The summed E-state index contributed by atoms with van der Waals surface area (Å²) >= 11 is 4.56. The summed E-state index contributed by atoms with van der Waals surface area (Å²) in [6.45, 7) is 3.21. The maximum atomic E-state index is 13.4. The van der Waals surface area contributed by atoms with Crippen molar-refractivity contribution in [2.75, 3.05) is 5.32 Å². The Kier molecular flexibility index (Phi) is 5.31. The zero-order valence-corrected chi connectivity index (χ0v) is 14.3. The lowest BCUT2D eigenvalue weighted by Crippen LogP contribution is -2.41. The van der Waals surface area contributed by atoms with Gasteiger partial charge in [0.1, 0.15) is 11.9 Å². The van der Waals surface area contributed by atoms with Gasteiger partial charge >= 0.3 is 0 Å². The number of carbonyl (C=O) groups is 2. The monoisotopic (exact) mass is 384 g/mol. The quantitative estimate of drug-likeness (QED) is 0.843. The second kappa shape index (κ2) is 7.02. The van der Waals surface area contributed by atoms with E-state index in [-0.39, 0.29) is 5.91 Å². The fourth-order valence-electron chi connectivity index (χ4n) is 1.69. The average Bonchev–Trinajstić information content (AvgIpc) is 2.89. The summed E-state index contributed by atoms with van der Waals surface area (Å²) in [4.78, 5) is 24.5. The number of hydrogen-bond acceptors (Lipinski definition) is 3. The zero-order valence-electron chi connectivity index (χ0n) is 11.9. The highest BCUT2D eigenvalue weighted by Crippen LogP contribution is 2.22. The Bertz CT molecular complexity index is 717. The minimum atomic E-state index is -0.738. The van der Waals surface area contributed by atoms with Gasteiger partial charge in [-0.3, -0.25) is 9.59 Å². The van der Waals surface area contributed by atoms with E-state index in [1.165, 1.54) is 17.4 Å². The van der Waals surface area contributed by atoms with Crippen LogP contribution in [-0.4, -0.2) is 17.9 Å². The van der Waals surface area contributed by atoms with Crippen molar-refractivity contribution in [3.05, 3.63) is 50.4 Å². The highest BCUT2D eigenvalue weighted by atomic mass is 79.9. The number of nitrogens with one attached hydrogen (secondary N) is 2. The predicted octanol–water partition coefficient (Wildman–Crippen LogP) is 3.72. The minimum Gasteiger partial charge on any atom is -0.340 e. The van der Waals surface area contributed by atoms with Crippen molar-refractivity contribution >= 4 is 44.8 Å². The number of carbonyl (C=O) groups excluding carboxylic acids is 2. The SMILES string of the molecule is Cc1ccc(NC(=O)C(C)NC(=O)c2ccc(Br)s2)cc1F. The Balaban J connectivity index is 1.97. The van der Waals surface area contributed by atoms with Crippen LogP contribution in [0.25, 0.3) is 0 Å². The van der Waals surface area contributed by atoms with Crippen molar-refractivity contribution in [2.24, 2.45) is 0 Å². The Hall–Kier alpha value is -1.73. The van der Waals surface area contributed by atoms with Crippen molar-refractivity contribution in [1.29, 1.82) is 0 Å². The summed E-state index contributed by atoms with van der Waals surface area (Å²) in [7, 11) is 0. The third-order valence-corrected chi connectivity index (χ3v) is 4.60. The summed E-state index contributed by atoms with van der Waals surface area (Å²) < 4.78 is 14.3. The molecule has 4 nitrogen and oxygen atoms in total. The molecule has 0 bridgehead atoms. The van der Waals surface area contributed by atoms with Crippen LogP contribution in [0, 0.1) is 12.7 Å². The Morgan fingerprint density at radius 2 is 2.00 bits per heavy atom. The van der Waals surface area contributed by atoms with E-state index in [0.29, 0.717) is 16.1 Å². The lowest BCUT2D eigenvalue weighted by molar-refractivity contribution is -0.117. The third-order valence-electron chi connectivity index (χ3n) is 2.98. The number of aryl methyl sites for hydroxylation is 1. The van der Waals surface area contributed by atoms with Crippen LogP contribution in [0.1, 0.15) is 22.2 Å². The van der Waals surface area contributed by atoms with Crippen molar-refractivity contribution in [2.45, 2.75) is 19.9 Å². The van der Waals surface area contributed by atoms with Crippen LogP contribution in [0.15, 0.2) is 34.1 Å². The number of hydrogen-bond donors (Lipinski definition) is 2. The molecule has 7 heteroatoms. The van der Waals surface area contributed by atoms with Gasteiger partial charge in [-0.2, -0.15) is 0 Å². The lowest BCUT2D eigenvalue weighted by atomic mass is 10.2. The minimum absolute atomic E-state index is 0.326. The van der Waals surface area contributed by atoms with E-state index in [2.05, 4.69) is 26.6 Å². The van der Waals surface area contributed by atoms with Crippen molar-refractivity contribution in [1.82, 2.24) is 5.32 Å². The molecule has 2 amide bonds. The molecule has 0 spiro atoms. The molecule has 1 atom stereocenters. The molecule has 0 fully saturated rings. The second-order valence-corrected chi connectivity index (χ2v) is 7.22. The first-order valence-corrected chi connectivity index (χ1v) is 8.11. The Morgan fingerprint density at radius 3 is 2.59 bits per heavy atom. The highest BCUT2D eigenvalue weighted by Gasteiger charge is 2.18. The van der Waals surface area contributed by atoms with Gasteiger partial charge in [-0.1, -0.05) is 6.07 Å². The molecule has 0 aliphatic carbocycles. The number of thiophene rings is 1. The topological polar surface area (TPSA) is 58.2 Å². The van der Waals surface area contributed by atoms with Crippen LogP contribution in [-0.2, 0) is 4.79 Å². The lowest BCUT2D eigenvalue weighted by Gasteiger charge is -2.14. The zero-order chi connectivity index (χ0) is 16.3. The summed E-state index contributed by atoms with van der Waals surface area (Å²) in [6, 6.07) is 7.14. The van der Waals surface area contributed by atoms with Gasteiger partial charge in [0.2, 0.25) is 5.91 Å². The third kappa shape index (κ3) is 4.14. The summed E-state index contributed by atoms with van der Waals surface area (Å²) in [5, 5.41) is 5.17. The van der Waals surface area contributed by atoms with Gasteiger partial charge in [0.25, 0.3) is 5.91 Å². The standard InChI is InChI=1S/C15H14BrFN2O2S/c1-8-3-4-10(7-11(8)17)19-14(20)9(2)18-15(21)12-5-6-13(16)22-12/h3-7,9H,1-2H3,(H,18,21)(H,19,20). The molecule has 1 aromatic heterocycles. The second-order valence-electron chi connectivity index (χ2n) is 4.75. The number of anilines is 1. The molecule has 2 rings (SSSR count). The molecule has 1 unspecified atom stereocenters. The van der Waals surface area contributed by atoms with E-state index in [0.717, 1.165) is 3.79 Å². The van der Waals surface area contributed by atoms with E-state index >= 15 is 0 Å². The summed E-state index contributed by atoms with van der Waals surface area (Å²) in [5.41, 5.74) is 0.857. The maximum Gasteiger partial charge on any atom is 0.262 e. The van der Waals surface area contributed by atoms with Gasteiger partial charge < -0.3 is 10.6 Å². The van der Waals surface area contributed by atoms with Gasteiger partial charge in [-0.25, -0.2) is 4.39 Å². The first kappa shape index (κ1) is 16.6. The van der Waals surface area contributed by atoms with Crippen molar-refractivity contribution in [3.8, 4) is 0 Å². The molecule has 22 heavy (non-hydrogen) atoms. The molecular weight excluding hydrogens is 371 g/mol. The van der Waals surface area contributed by atoms with E-state index in [1.54, 1.807) is 38.1 Å². The molecule has 2 aromatic rings. The van der Waals surface area contributed by atoms with Crippen LogP contribution in [0.2, 0.25) is 0 Å². The first-order chi connectivity index (χ1) is 10.4. The molecule has 0 radical (unpaired) electrons. The van der Waals surface area contributed by atoms with E-state index in [9.17, 15) is 14.0 Å². The largest absolute Gasteiger partial charge is 0.340 e. The van der Waals surface area contributed by atoms with Crippen molar-refractivity contribution < 1.29 is 14.0 Å². The summed E-state index contributed by atoms with van der Waals surface area (Å²) in [6.07, 6.45) is 0. The van der Waals surface area contributed by atoms with Crippen LogP contribution < -0.4 is 10.6 Å². The molecule has 116 valence electrons. The Labute approximate surface area is 139 Å². The van der Waals surface area contributed by atoms with Gasteiger partial charge in [-0.15, -0.1) is 11.3 Å². The van der Waals surface area contributed by atoms with Crippen LogP contribution >= 0.6 is 27.3 Å². The van der Waals surface area contributed by atoms with Gasteiger partial charge in [0, 0.05) is 5.69 Å². The van der Waals surface area contributed by atoms with Crippen LogP contribution in [0.3, 0.4) is 0 Å². The molecule has 1 aromatic carbocycles. The first-order valence-electron chi connectivity index (χ1n) is 6.50. The average molecular weight is 385 g/mol. The van der Waals surface area contributed by atoms with Gasteiger partial charge in [0.05, 0.1) is 8.66 Å². The van der Waals surface area contributed by atoms with E-state index in [4.69, 9.17) is 0 Å². The number of halogens is 2. The molecule has 0 aliphatic rings. The normalized spacial score (nSPS) is 11.8. The number of amides is 2. The molecular formula is C15H14BrFN2O2S. The number of rotatable bonds is 4. The molecule has 2 N–H and O–H groups in total. The highest BCUT2D eigenvalue weighted by molar-refractivity contribution is 9.11. The summed E-state index contributed by atoms with van der Waals surface area (Å²) in [5.74, 6) is -1.13. The van der Waals surface area contributed by atoms with Gasteiger partial charge in [-0.05, 0) is 59.6 Å². The number of benzene rings is 1. The maximum absolute atomic E-state index is 13.4. The molecule has 1 heterocycles. The fraction of sp³-hybridized carbons (Fsp3) is 0.200. The molecule has 0 saturated carbocycles. The van der Waals surface area contributed by atoms with Crippen molar-refractivity contribution in [3.63, 3.8) is 0 Å².